The number of nitrogens with one attached hydrogen (secondary N) is 1. The van der Waals surface area contributed by atoms with E-state index in [1.807, 2.05) is 36.4 Å². The number of hydrogen-bond donors (Lipinski definition) is 1. The molecule has 4 aromatic carbocycles. The van der Waals surface area contributed by atoms with Gasteiger partial charge in [0.1, 0.15) is 17.9 Å². The third kappa shape index (κ3) is 6.18. The summed E-state index contributed by atoms with van der Waals surface area (Å²) in [7, 11) is 0. The number of amides is 3. The Balaban J connectivity index is 1.16. The van der Waals surface area contributed by atoms with Crippen LogP contribution in [-0.4, -0.2) is 44.0 Å². The van der Waals surface area contributed by atoms with Crippen molar-refractivity contribution in [3.05, 3.63) is 97.1 Å². The smallest absolute Gasteiger partial charge is 0.406 e. The van der Waals surface area contributed by atoms with E-state index in [4.69, 9.17) is 0 Å². The number of anilines is 2. The Morgan fingerprint density at radius 1 is 0.953 bits per heavy atom. The van der Waals surface area contributed by atoms with Gasteiger partial charge in [-0.2, -0.15) is 4.99 Å². The van der Waals surface area contributed by atoms with E-state index in [9.17, 15) is 27.2 Å². The van der Waals surface area contributed by atoms with E-state index in [1.54, 1.807) is 6.07 Å². The zero-order valence-electron chi connectivity index (χ0n) is 21.7. The van der Waals surface area contributed by atoms with Crippen molar-refractivity contribution in [2.24, 2.45) is 4.99 Å². The maximum Gasteiger partial charge on any atom is 0.573 e. The van der Waals surface area contributed by atoms with Gasteiger partial charge < -0.3 is 10.1 Å². The molecule has 3 amide bonds. The van der Waals surface area contributed by atoms with Crippen molar-refractivity contribution in [2.45, 2.75) is 6.36 Å². The maximum absolute atomic E-state index is 15.0. The SMILES string of the molecule is O=C(N=C1SCC(=O)N1c1ccc2ccccc2c1)Nc1ccc(-c2ncn(-c3ccc(OC(F)(F)F)cc3)n2)cc1F. The Bertz CT molecular complexity index is 1890. The van der Waals surface area contributed by atoms with E-state index in [0.29, 0.717) is 11.4 Å². The molecule has 0 unspecified atom stereocenters. The highest BCUT2D eigenvalue weighted by Crippen LogP contribution is 2.30. The highest BCUT2D eigenvalue weighted by Gasteiger charge is 2.31. The molecular formula is C29H18F4N6O3S. The number of hydrogen-bond acceptors (Lipinski definition) is 6. The Morgan fingerprint density at radius 3 is 2.44 bits per heavy atom. The number of alkyl halides is 3. The van der Waals surface area contributed by atoms with Gasteiger partial charge in [0, 0.05) is 5.56 Å². The molecule has 0 radical (unpaired) electrons. The first-order valence-electron chi connectivity index (χ1n) is 12.5. The molecule has 0 aliphatic carbocycles. The van der Waals surface area contributed by atoms with Crippen LogP contribution in [0.25, 0.3) is 27.8 Å². The first kappa shape index (κ1) is 27.9. The van der Waals surface area contributed by atoms with Gasteiger partial charge in [-0.25, -0.2) is 18.9 Å². The van der Waals surface area contributed by atoms with Crippen LogP contribution in [-0.2, 0) is 4.79 Å². The number of aromatic nitrogens is 3. The van der Waals surface area contributed by atoms with Gasteiger partial charge >= 0.3 is 12.4 Å². The number of urea groups is 1. The molecular weight excluding hydrogens is 588 g/mol. The third-order valence-electron chi connectivity index (χ3n) is 6.25. The first-order chi connectivity index (χ1) is 20.6. The highest BCUT2D eigenvalue weighted by atomic mass is 32.2. The predicted molar refractivity (Wildman–Crippen MR) is 154 cm³/mol. The number of thioether (sulfide) groups is 1. The molecule has 1 N–H and O–H groups in total. The van der Waals surface area contributed by atoms with Gasteiger partial charge in [-0.1, -0.05) is 42.1 Å². The van der Waals surface area contributed by atoms with Crippen molar-refractivity contribution in [3.8, 4) is 22.8 Å². The molecule has 14 heteroatoms. The van der Waals surface area contributed by atoms with E-state index in [2.05, 4.69) is 25.1 Å². The Kier molecular flexibility index (Phi) is 7.27. The monoisotopic (exact) mass is 606 g/mol. The van der Waals surface area contributed by atoms with Crippen LogP contribution in [0.5, 0.6) is 5.75 Å². The number of benzene rings is 4. The van der Waals surface area contributed by atoms with Gasteiger partial charge in [-0.15, -0.1) is 18.3 Å². The van der Waals surface area contributed by atoms with Crippen LogP contribution in [0, 0.1) is 5.82 Å². The van der Waals surface area contributed by atoms with Crippen molar-refractivity contribution in [3.63, 3.8) is 0 Å². The molecule has 216 valence electrons. The van der Waals surface area contributed by atoms with Crippen molar-refractivity contribution < 1.29 is 31.9 Å². The molecule has 1 saturated heterocycles. The lowest BCUT2D eigenvalue weighted by Crippen LogP contribution is -2.30. The second-order valence-electron chi connectivity index (χ2n) is 9.12. The van der Waals surface area contributed by atoms with E-state index in [1.165, 1.54) is 40.2 Å². The number of carbonyl (C=O) groups excluding carboxylic acids is 2. The predicted octanol–water partition coefficient (Wildman–Crippen LogP) is 6.79. The van der Waals surface area contributed by atoms with E-state index < -0.39 is 18.2 Å². The van der Waals surface area contributed by atoms with Crippen LogP contribution < -0.4 is 15.0 Å². The standard InChI is InChI=1S/C29H18F4N6O3S/c30-23-14-19(26-34-16-38(37-26)20-8-10-22(11-9-20)42-29(31,32)33)6-12-24(23)35-27(41)36-28-39(25(40)15-43-28)21-7-5-17-3-1-2-4-18(17)13-21/h1-14,16H,15H2,(H,35,41). The molecule has 1 aromatic heterocycles. The van der Waals surface area contributed by atoms with Crippen molar-refractivity contribution in [2.75, 3.05) is 16.0 Å². The summed E-state index contributed by atoms with van der Waals surface area (Å²) in [6.45, 7) is 0. The van der Waals surface area contributed by atoms with Crippen LogP contribution in [0.3, 0.4) is 0 Å². The van der Waals surface area contributed by atoms with Crippen LogP contribution >= 0.6 is 11.8 Å². The molecule has 0 bridgehead atoms. The minimum absolute atomic E-state index is 0.104. The zero-order chi connectivity index (χ0) is 30.1. The molecule has 0 spiro atoms. The van der Waals surface area contributed by atoms with Gasteiger partial charge in [-0.05, 0) is 65.4 Å². The maximum atomic E-state index is 15.0. The van der Waals surface area contributed by atoms with Crippen LogP contribution in [0.15, 0.2) is 96.2 Å². The number of rotatable bonds is 5. The fraction of sp³-hybridized carbons (Fsp3) is 0.0690. The molecule has 0 atom stereocenters. The van der Waals surface area contributed by atoms with Gasteiger partial charge in [0.25, 0.3) is 0 Å². The topological polar surface area (TPSA) is 102 Å². The summed E-state index contributed by atoms with van der Waals surface area (Å²) in [6.07, 6.45) is -3.49. The molecule has 1 aliphatic rings. The molecule has 6 rings (SSSR count). The number of halogens is 4. The van der Waals surface area contributed by atoms with E-state index in [0.717, 1.165) is 40.7 Å². The molecule has 9 nitrogen and oxygen atoms in total. The van der Waals surface area contributed by atoms with Crippen LogP contribution in [0.2, 0.25) is 0 Å². The van der Waals surface area contributed by atoms with Gasteiger partial charge in [0.2, 0.25) is 5.91 Å². The molecule has 5 aromatic rings. The average molecular weight is 607 g/mol. The summed E-state index contributed by atoms with van der Waals surface area (Å²) in [4.78, 5) is 34.8. The summed E-state index contributed by atoms with van der Waals surface area (Å²) >= 11 is 1.10. The molecule has 0 saturated carbocycles. The Labute approximate surface area is 244 Å². The quantitative estimate of drug-likeness (QED) is 0.221. The summed E-state index contributed by atoms with van der Waals surface area (Å²) in [6, 6.07) is 21.2. The Hall–Kier alpha value is -5.24. The summed E-state index contributed by atoms with van der Waals surface area (Å²) in [5, 5.41) is 8.72. The third-order valence-corrected chi connectivity index (χ3v) is 7.17. The van der Waals surface area contributed by atoms with E-state index in [-0.39, 0.29) is 39.7 Å². The lowest BCUT2D eigenvalue weighted by molar-refractivity contribution is -0.274. The number of fused-ring (bicyclic) bond motifs is 1. The van der Waals surface area contributed by atoms with Gasteiger partial charge in [-0.3, -0.25) is 9.69 Å². The largest absolute Gasteiger partial charge is 0.573 e. The first-order valence-corrected chi connectivity index (χ1v) is 13.5. The summed E-state index contributed by atoms with van der Waals surface area (Å²) < 4.78 is 57.3. The molecule has 2 heterocycles. The van der Waals surface area contributed by atoms with Crippen LogP contribution in [0.1, 0.15) is 0 Å². The minimum atomic E-state index is -4.81. The number of nitrogens with zero attached hydrogens (tertiary/aromatic N) is 5. The second kappa shape index (κ2) is 11.2. The summed E-state index contributed by atoms with van der Waals surface area (Å²) in [5.74, 6) is -1.16. The summed E-state index contributed by atoms with van der Waals surface area (Å²) in [5.41, 5.74) is 1.10. The zero-order valence-corrected chi connectivity index (χ0v) is 22.6. The number of carbonyl (C=O) groups is 2. The molecule has 1 fully saturated rings. The van der Waals surface area contributed by atoms with Crippen LogP contribution in [0.4, 0.5) is 33.7 Å². The van der Waals surface area contributed by atoms with E-state index >= 15 is 0 Å². The fourth-order valence-corrected chi connectivity index (χ4v) is 5.19. The Morgan fingerprint density at radius 2 is 1.70 bits per heavy atom. The van der Waals surface area contributed by atoms with Crippen molar-refractivity contribution in [1.82, 2.24) is 14.8 Å². The number of amidine groups is 1. The number of aliphatic imine (C=N–C) groups is 1. The lowest BCUT2D eigenvalue weighted by Gasteiger charge is -2.16. The normalized spacial score (nSPS) is 14.5. The fourth-order valence-electron chi connectivity index (χ4n) is 4.32. The molecule has 1 aliphatic heterocycles. The highest BCUT2D eigenvalue weighted by molar-refractivity contribution is 8.15. The second-order valence-corrected chi connectivity index (χ2v) is 10.1. The van der Waals surface area contributed by atoms with Gasteiger partial charge in [0.05, 0.1) is 22.8 Å². The van der Waals surface area contributed by atoms with Crippen molar-refractivity contribution >= 4 is 51.0 Å². The van der Waals surface area contributed by atoms with Gasteiger partial charge in [0.15, 0.2) is 11.0 Å². The number of ether oxygens (including phenoxy) is 1. The van der Waals surface area contributed by atoms with Crippen molar-refractivity contribution in [1.29, 1.82) is 0 Å². The lowest BCUT2D eigenvalue weighted by atomic mass is 10.1. The average Bonchev–Trinajstić information content (AvgIpc) is 3.60. The minimum Gasteiger partial charge on any atom is -0.406 e. The molecule has 43 heavy (non-hydrogen) atoms.